The summed E-state index contributed by atoms with van der Waals surface area (Å²) in [5, 5.41) is 20.4. The third-order valence-electron chi connectivity index (χ3n) is 1.90. The lowest BCUT2D eigenvalue weighted by atomic mass is 10.1. The number of hydrogen-bond acceptors (Lipinski definition) is 2. The third-order valence-corrected chi connectivity index (χ3v) is 1.90. The molecule has 0 aliphatic rings. The first kappa shape index (κ1) is 13.6. The quantitative estimate of drug-likeness (QED) is 0.422. The Morgan fingerprint density at radius 1 is 1.33 bits per heavy atom. The minimum Gasteiger partial charge on any atom is -0.356 e. The molecule has 15 heavy (non-hydrogen) atoms. The number of nitrogens with zero attached hydrogens (tertiary/aromatic N) is 1. The monoisotopic (exact) mass is 211 g/mol. The normalized spacial score (nSPS) is 11.5. The smallest absolute Gasteiger partial charge is 0.221 e. The van der Waals surface area contributed by atoms with Crippen molar-refractivity contribution in [2.45, 2.75) is 34.1 Å². The molecule has 0 radical (unpaired) electrons. The van der Waals surface area contributed by atoms with Gasteiger partial charge in [0.05, 0.1) is 0 Å². The van der Waals surface area contributed by atoms with E-state index >= 15 is 0 Å². The molecule has 5 heteroatoms. The summed E-state index contributed by atoms with van der Waals surface area (Å²) >= 11 is 0. The second kappa shape index (κ2) is 6.98. The van der Waals surface area contributed by atoms with Crippen LogP contribution in [0.15, 0.2) is 4.99 Å². The van der Waals surface area contributed by atoms with Gasteiger partial charge in [-0.05, 0) is 19.8 Å². The van der Waals surface area contributed by atoms with Crippen LogP contribution in [0, 0.1) is 16.7 Å². The maximum atomic E-state index is 7.50. The van der Waals surface area contributed by atoms with Crippen LogP contribution in [0.1, 0.15) is 34.1 Å². The zero-order chi connectivity index (χ0) is 11.8. The van der Waals surface area contributed by atoms with E-state index in [2.05, 4.69) is 29.5 Å². The predicted octanol–water partition coefficient (Wildman–Crippen LogP) is 1.56. The summed E-state index contributed by atoms with van der Waals surface area (Å²) in [5.41, 5.74) is 0.794. The van der Waals surface area contributed by atoms with E-state index < -0.39 is 0 Å². The molecule has 0 spiro atoms. The van der Waals surface area contributed by atoms with Gasteiger partial charge in [-0.15, -0.1) is 0 Å². The Bertz CT molecular complexity index is 253. The van der Waals surface area contributed by atoms with Crippen LogP contribution >= 0.6 is 0 Å². The van der Waals surface area contributed by atoms with E-state index in [0.29, 0.717) is 5.92 Å². The van der Waals surface area contributed by atoms with E-state index in [1.165, 1.54) is 0 Å². The van der Waals surface area contributed by atoms with Crippen LogP contribution in [0.4, 0.5) is 0 Å². The van der Waals surface area contributed by atoms with Gasteiger partial charge in [-0.2, -0.15) is 0 Å². The number of hydrogen-bond donors (Lipinski definition) is 4. The average Bonchev–Trinajstić information content (AvgIpc) is 2.12. The van der Waals surface area contributed by atoms with Crippen molar-refractivity contribution in [1.29, 1.82) is 10.8 Å². The Labute approximate surface area is 91.4 Å². The maximum Gasteiger partial charge on any atom is 0.221 e. The summed E-state index contributed by atoms with van der Waals surface area (Å²) < 4.78 is 0. The Balaban J connectivity index is 3.84. The van der Waals surface area contributed by atoms with Crippen molar-refractivity contribution >= 4 is 17.6 Å². The van der Waals surface area contributed by atoms with Gasteiger partial charge >= 0.3 is 0 Å². The van der Waals surface area contributed by atoms with Gasteiger partial charge in [0.25, 0.3) is 0 Å². The molecular formula is C10H21N5. The lowest BCUT2D eigenvalue weighted by Crippen LogP contribution is -2.41. The highest BCUT2D eigenvalue weighted by atomic mass is 15.2. The van der Waals surface area contributed by atoms with Crippen molar-refractivity contribution in [2.75, 3.05) is 6.54 Å². The van der Waals surface area contributed by atoms with E-state index in [0.717, 1.165) is 18.7 Å². The fraction of sp³-hybridized carbons (Fsp3) is 0.700. The van der Waals surface area contributed by atoms with E-state index in [4.69, 9.17) is 10.8 Å². The Morgan fingerprint density at radius 3 is 2.40 bits per heavy atom. The van der Waals surface area contributed by atoms with Crippen LogP contribution in [0.3, 0.4) is 0 Å². The standard InChI is InChI=1S/C10H21N5/c1-5-8(4)6-13-9(11)15-10(12)14-7(2)3/h8H,5-6H2,1-4H3,(H4,11,12,13,15). The fourth-order valence-electron chi connectivity index (χ4n) is 0.835. The lowest BCUT2D eigenvalue weighted by Gasteiger charge is -2.12. The zero-order valence-electron chi connectivity index (χ0n) is 9.94. The van der Waals surface area contributed by atoms with Gasteiger partial charge in [-0.25, -0.2) is 4.99 Å². The highest BCUT2D eigenvalue weighted by Crippen LogP contribution is 1.96. The number of nitrogens with one attached hydrogen (secondary N) is 4. The molecule has 0 heterocycles. The summed E-state index contributed by atoms with van der Waals surface area (Å²) in [5.74, 6) is 0.652. The number of guanidine groups is 2. The van der Waals surface area contributed by atoms with Gasteiger partial charge in [-0.3, -0.25) is 16.1 Å². The van der Waals surface area contributed by atoms with Crippen molar-refractivity contribution in [3.63, 3.8) is 0 Å². The summed E-state index contributed by atoms with van der Waals surface area (Å²) in [6.45, 7) is 8.58. The Morgan fingerprint density at radius 2 is 1.93 bits per heavy atom. The minimum absolute atomic E-state index is 0.00310. The molecule has 0 aromatic heterocycles. The number of rotatable bonds is 3. The number of aliphatic imine (C=N–C) groups is 1. The van der Waals surface area contributed by atoms with Crippen molar-refractivity contribution in [3.05, 3.63) is 0 Å². The average molecular weight is 211 g/mol. The first-order valence-corrected chi connectivity index (χ1v) is 5.15. The molecule has 1 unspecified atom stereocenters. The Hall–Kier alpha value is -1.39. The van der Waals surface area contributed by atoms with Gasteiger partial charge in [0.1, 0.15) is 0 Å². The largest absolute Gasteiger partial charge is 0.356 e. The molecule has 4 N–H and O–H groups in total. The van der Waals surface area contributed by atoms with Crippen LogP contribution in [0.2, 0.25) is 0 Å². The van der Waals surface area contributed by atoms with Crippen molar-refractivity contribution in [1.82, 2.24) is 10.6 Å². The van der Waals surface area contributed by atoms with Crippen molar-refractivity contribution in [2.24, 2.45) is 10.9 Å². The van der Waals surface area contributed by atoms with Gasteiger partial charge in [-0.1, -0.05) is 20.3 Å². The summed E-state index contributed by atoms with van der Waals surface area (Å²) in [4.78, 5) is 3.87. The maximum absolute atomic E-state index is 7.50. The van der Waals surface area contributed by atoms with E-state index in [1.807, 2.05) is 13.8 Å². The third kappa shape index (κ3) is 7.66. The summed E-state index contributed by atoms with van der Waals surface area (Å²) in [6, 6.07) is 0. The molecule has 0 saturated heterocycles. The molecule has 0 aromatic rings. The first-order chi connectivity index (χ1) is 6.95. The summed E-state index contributed by atoms with van der Waals surface area (Å²) in [7, 11) is 0. The topological polar surface area (TPSA) is 84.1 Å². The molecule has 0 rings (SSSR count). The SMILES string of the molecule is CCC(C)CNC(=N)NC(=N)N=C(C)C. The van der Waals surface area contributed by atoms with Gasteiger partial charge in [0.2, 0.25) is 5.96 Å². The van der Waals surface area contributed by atoms with Crippen LogP contribution in [0.25, 0.3) is 0 Å². The molecule has 5 nitrogen and oxygen atoms in total. The van der Waals surface area contributed by atoms with Crippen molar-refractivity contribution in [3.8, 4) is 0 Å². The van der Waals surface area contributed by atoms with Gasteiger partial charge in [0.15, 0.2) is 5.96 Å². The second-order valence-corrected chi connectivity index (χ2v) is 3.80. The predicted molar refractivity (Wildman–Crippen MR) is 64.8 cm³/mol. The van der Waals surface area contributed by atoms with E-state index in [1.54, 1.807) is 0 Å². The molecule has 0 bridgehead atoms. The molecule has 0 amide bonds. The molecule has 0 fully saturated rings. The van der Waals surface area contributed by atoms with Gasteiger partial charge in [0, 0.05) is 12.3 Å². The fourth-order valence-corrected chi connectivity index (χ4v) is 0.835. The van der Waals surface area contributed by atoms with Crippen molar-refractivity contribution < 1.29 is 0 Å². The summed E-state index contributed by atoms with van der Waals surface area (Å²) in [6.07, 6.45) is 1.07. The molecule has 0 aromatic carbocycles. The zero-order valence-corrected chi connectivity index (χ0v) is 9.94. The van der Waals surface area contributed by atoms with Crippen LogP contribution in [0.5, 0.6) is 0 Å². The molecule has 0 aliphatic heterocycles. The van der Waals surface area contributed by atoms with Crippen LogP contribution < -0.4 is 10.6 Å². The lowest BCUT2D eigenvalue weighted by molar-refractivity contribution is 0.545. The molecule has 0 saturated carbocycles. The van der Waals surface area contributed by atoms with Gasteiger partial charge < -0.3 is 5.32 Å². The van der Waals surface area contributed by atoms with E-state index in [9.17, 15) is 0 Å². The highest BCUT2D eigenvalue weighted by Gasteiger charge is 2.01. The molecule has 0 aliphatic carbocycles. The molecule has 86 valence electrons. The molecule has 1 atom stereocenters. The first-order valence-electron chi connectivity index (χ1n) is 5.15. The minimum atomic E-state index is -0.00310. The Kier molecular flexibility index (Phi) is 6.33. The second-order valence-electron chi connectivity index (χ2n) is 3.80. The molecular weight excluding hydrogens is 190 g/mol. The van der Waals surface area contributed by atoms with Crippen LogP contribution in [-0.4, -0.2) is 24.2 Å². The van der Waals surface area contributed by atoms with Crippen LogP contribution in [-0.2, 0) is 0 Å². The van der Waals surface area contributed by atoms with E-state index in [-0.39, 0.29) is 11.9 Å². The highest BCUT2D eigenvalue weighted by molar-refractivity contribution is 6.01.